The molecule has 0 aliphatic rings. The molecule has 2 aromatic carbocycles. The van der Waals surface area contributed by atoms with Gasteiger partial charge in [-0.15, -0.1) is 5.10 Å². The molecule has 1 N–H and O–H groups in total. The summed E-state index contributed by atoms with van der Waals surface area (Å²) in [5.41, 5.74) is 6.78. The first-order valence-electron chi connectivity index (χ1n) is 11.0. The van der Waals surface area contributed by atoms with Gasteiger partial charge in [0.1, 0.15) is 0 Å². The van der Waals surface area contributed by atoms with Crippen molar-refractivity contribution in [2.75, 3.05) is 39.1 Å². The van der Waals surface area contributed by atoms with Crippen molar-refractivity contribution in [2.24, 2.45) is 0 Å². The molecule has 0 spiro atoms. The Bertz CT molecular complexity index is 1280. The molecular formula is C26H30N6O. The zero-order valence-corrected chi connectivity index (χ0v) is 19.8. The van der Waals surface area contributed by atoms with E-state index in [1.54, 1.807) is 0 Å². The van der Waals surface area contributed by atoms with Gasteiger partial charge in [0, 0.05) is 37.0 Å². The number of hydrogen-bond donors (Lipinski definition) is 1. The van der Waals surface area contributed by atoms with Gasteiger partial charge in [0.05, 0.1) is 11.9 Å². The number of rotatable bonds is 7. The van der Waals surface area contributed by atoms with Crippen LogP contribution in [0, 0.1) is 13.8 Å². The standard InChI is InChI=1S/C26H30N6O/c1-18-6-11-22(19(2)16-18)31(5)25-13-12-24-28-17-23(32(24)29-25)20-7-9-21(10-8-20)26(33)27-14-15-30(3)4/h6-13,16-17H,14-15H2,1-5H3,(H,27,33). The number of fused-ring (bicyclic) bond motifs is 1. The Morgan fingerprint density at radius 1 is 1.00 bits per heavy atom. The predicted octanol–water partition coefficient (Wildman–Crippen LogP) is 4.07. The van der Waals surface area contributed by atoms with Crippen LogP contribution < -0.4 is 10.2 Å². The molecule has 170 valence electrons. The molecule has 2 heterocycles. The van der Waals surface area contributed by atoms with Gasteiger partial charge < -0.3 is 15.1 Å². The summed E-state index contributed by atoms with van der Waals surface area (Å²) in [6, 6.07) is 17.9. The van der Waals surface area contributed by atoms with Crippen LogP contribution in [0.2, 0.25) is 0 Å². The van der Waals surface area contributed by atoms with Gasteiger partial charge in [0.2, 0.25) is 0 Å². The van der Waals surface area contributed by atoms with Gasteiger partial charge in [0.25, 0.3) is 5.91 Å². The minimum Gasteiger partial charge on any atom is -0.351 e. The maximum Gasteiger partial charge on any atom is 0.251 e. The number of benzene rings is 2. The highest BCUT2D eigenvalue weighted by atomic mass is 16.1. The van der Waals surface area contributed by atoms with Crippen LogP contribution in [0.15, 0.2) is 60.8 Å². The third kappa shape index (κ3) is 4.88. The van der Waals surface area contributed by atoms with Gasteiger partial charge in [-0.3, -0.25) is 4.79 Å². The topological polar surface area (TPSA) is 65.8 Å². The predicted molar refractivity (Wildman–Crippen MR) is 133 cm³/mol. The van der Waals surface area contributed by atoms with E-state index in [2.05, 4.69) is 47.2 Å². The molecule has 33 heavy (non-hydrogen) atoms. The van der Waals surface area contributed by atoms with Crippen LogP contribution in [0.1, 0.15) is 21.5 Å². The summed E-state index contributed by atoms with van der Waals surface area (Å²) in [4.78, 5) is 21.0. The summed E-state index contributed by atoms with van der Waals surface area (Å²) in [6.07, 6.45) is 1.81. The molecule has 7 heteroatoms. The molecule has 0 saturated carbocycles. The van der Waals surface area contributed by atoms with Gasteiger partial charge in [-0.25, -0.2) is 9.50 Å². The molecule has 1 amide bonds. The molecule has 4 aromatic rings. The van der Waals surface area contributed by atoms with Crippen molar-refractivity contribution in [1.82, 2.24) is 24.8 Å². The summed E-state index contributed by atoms with van der Waals surface area (Å²) in [5.74, 6) is 0.752. The number of likely N-dealkylation sites (N-methyl/N-ethyl adjacent to an activating group) is 1. The van der Waals surface area contributed by atoms with E-state index in [-0.39, 0.29) is 5.91 Å². The maximum atomic E-state index is 12.4. The molecule has 0 bridgehead atoms. The maximum absolute atomic E-state index is 12.4. The summed E-state index contributed by atoms with van der Waals surface area (Å²) in [5, 5.41) is 7.80. The molecule has 7 nitrogen and oxygen atoms in total. The van der Waals surface area contributed by atoms with E-state index in [4.69, 9.17) is 5.10 Å². The van der Waals surface area contributed by atoms with E-state index in [1.807, 2.05) is 73.2 Å². The number of carbonyl (C=O) groups is 1. The number of aromatic nitrogens is 3. The number of aryl methyl sites for hydroxylation is 2. The van der Waals surface area contributed by atoms with E-state index >= 15 is 0 Å². The Labute approximate surface area is 194 Å². The number of nitrogens with zero attached hydrogens (tertiary/aromatic N) is 5. The van der Waals surface area contributed by atoms with Crippen LogP contribution >= 0.6 is 0 Å². The smallest absolute Gasteiger partial charge is 0.251 e. The van der Waals surface area contributed by atoms with Gasteiger partial charge in [-0.2, -0.15) is 0 Å². The highest BCUT2D eigenvalue weighted by Crippen LogP contribution is 2.27. The van der Waals surface area contributed by atoms with Crippen molar-refractivity contribution < 1.29 is 4.79 Å². The van der Waals surface area contributed by atoms with Crippen LogP contribution in [0.5, 0.6) is 0 Å². The minimum atomic E-state index is -0.0722. The van der Waals surface area contributed by atoms with Crippen molar-refractivity contribution in [3.63, 3.8) is 0 Å². The first kappa shape index (κ1) is 22.5. The third-order valence-corrected chi connectivity index (χ3v) is 5.69. The summed E-state index contributed by atoms with van der Waals surface area (Å²) in [6.45, 7) is 5.62. The monoisotopic (exact) mass is 442 g/mol. The number of nitrogens with one attached hydrogen (secondary N) is 1. The Morgan fingerprint density at radius 2 is 1.76 bits per heavy atom. The second-order valence-electron chi connectivity index (χ2n) is 8.59. The van der Waals surface area contributed by atoms with E-state index in [1.165, 1.54) is 11.1 Å². The second kappa shape index (κ2) is 9.42. The molecule has 0 aliphatic carbocycles. The lowest BCUT2D eigenvalue weighted by atomic mass is 10.1. The minimum absolute atomic E-state index is 0.0722. The van der Waals surface area contributed by atoms with Crippen LogP contribution in [0.3, 0.4) is 0 Å². The van der Waals surface area contributed by atoms with E-state index in [0.717, 1.165) is 35.0 Å². The first-order valence-corrected chi connectivity index (χ1v) is 11.0. The van der Waals surface area contributed by atoms with Crippen LogP contribution in [-0.2, 0) is 0 Å². The van der Waals surface area contributed by atoms with Gasteiger partial charge in [0.15, 0.2) is 11.5 Å². The van der Waals surface area contributed by atoms with E-state index < -0.39 is 0 Å². The average molecular weight is 443 g/mol. The lowest BCUT2D eigenvalue weighted by molar-refractivity contribution is 0.0951. The van der Waals surface area contributed by atoms with Gasteiger partial charge in [-0.1, -0.05) is 29.8 Å². The molecule has 4 rings (SSSR count). The summed E-state index contributed by atoms with van der Waals surface area (Å²) in [7, 11) is 5.98. The average Bonchev–Trinajstić information content (AvgIpc) is 3.22. The number of imidazole rings is 1. The van der Waals surface area contributed by atoms with Crippen molar-refractivity contribution in [2.45, 2.75) is 13.8 Å². The zero-order valence-electron chi connectivity index (χ0n) is 19.8. The Morgan fingerprint density at radius 3 is 2.45 bits per heavy atom. The summed E-state index contributed by atoms with van der Waals surface area (Å²) < 4.78 is 1.85. The molecule has 0 saturated heterocycles. The lowest BCUT2D eigenvalue weighted by Gasteiger charge is -2.21. The fourth-order valence-electron chi connectivity index (χ4n) is 3.83. The zero-order chi connectivity index (χ0) is 23.5. The Balaban J connectivity index is 1.59. The van der Waals surface area contributed by atoms with E-state index in [0.29, 0.717) is 12.1 Å². The molecule has 0 fully saturated rings. The molecule has 2 aromatic heterocycles. The Hall–Kier alpha value is -3.71. The SMILES string of the molecule is Cc1ccc(N(C)c2ccc3ncc(-c4ccc(C(=O)NCCN(C)C)cc4)n3n2)c(C)c1. The molecule has 0 radical (unpaired) electrons. The van der Waals surface area contributed by atoms with Gasteiger partial charge >= 0.3 is 0 Å². The van der Waals surface area contributed by atoms with Gasteiger partial charge in [-0.05, 0) is 63.8 Å². The molecule has 0 atom stereocenters. The van der Waals surface area contributed by atoms with Crippen molar-refractivity contribution in [3.05, 3.63) is 77.5 Å². The molecule has 0 unspecified atom stereocenters. The fourth-order valence-corrected chi connectivity index (χ4v) is 3.83. The molecule has 0 aliphatic heterocycles. The van der Waals surface area contributed by atoms with Crippen LogP contribution in [0.25, 0.3) is 16.9 Å². The highest BCUT2D eigenvalue weighted by Gasteiger charge is 2.13. The molecular weight excluding hydrogens is 412 g/mol. The van der Waals surface area contributed by atoms with Crippen molar-refractivity contribution in [3.8, 4) is 11.3 Å². The number of carbonyl (C=O) groups excluding carboxylic acids is 1. The van der Waals surface area contributed by atoms with E-state index in [9.17, 15) is 4.79 Å². The third-order valence-electron chi connectivity index (χ3n) is 5.69. The largest absolute Gasteiger partial charge is 0.351 e. The second-order valence-corrected chi connectivity index (χ2v) is 8.59. The highest BCUT2D eigenvalue weighted by molar-refractivity contribution is 5.94. The number of anilines is 2. The number of amides is 1. The Kier molecular flexibility index (Phi) is 6.42. The summed E-state index contributed by atoms with van der Waals surface area (Å²) >= 11 is 0. The lowest BCUT2D eigenvalue weighted by Crippen LogP contribution is -2.31. The quantitative estimate of drug-likeness (QED) is 0.467. The van der Waals surface area contributed by atoms with Crippen molar-refractivity contribution >= 4 is 23.1 Å². The van der Waals surface area contributed by atoms with Crippen LogP contribution in [-0.4, -0.2) is 59.6 Å². The normalized spacial score (nSPS) is 11.2. The van der Waals surface area contributed by atoms with Crippen molar-refractivity contribution in [1.29, 1.82) is 0 Å². The fraction of sp³-hybridized carbons (Fsp3) is 0.269. The van der Waals surface area contributed by atoms with Crippen LogP contribution in [0.4, 0.5) is 11.5 Å². The first-order chi connectivity index (χ1) is 15.8. The number of hydrogen-bond acceptors (Lipinski definition) is 5.